The number of hydrogen-bond acceptors (Lipinski definition) is 14. The van der Waals surface area contributed by atoms with Gasteiger partial charge in [0.15, 0.2) is 11.4 Å². The van der Waals surface area contributed by atoms with E-state index in [1.54, 1.807) is 33.9 Å². The normalized spacial score (nSPS) is 14.3. The van der Waals surface area contributed by atoms with Gasteiger partial charge in [0.05, 0.1) is 43.1 Å². The van der Waals surface area contributed by atoms with Crippen molar-refractivity contribution >= 4 is 69.2 Å². The van der Waals surface area contributed by atoms with Crippen LogP contribution < -0.4 is 37.6 Å². The first-order chi connectivity index (χ1) is 33.7. The summed E-state index contributed by atoms with van der Waals surface area (Å²) in [5.74, 6) is 0.873. The third kappa shape index (κ3) is 23.8. The highest BCUT2D eigenvalue weighted by Crippen LogP contribution is 2.14. The van der Waals surface area contributed by atoms with Gasteiger partial charge < -0.3 is 52.6 Å². The van der Waals surface area contributed by atoms with Crippen LogP contribution in [-0.2, 0) is 24.1 Å². The van der Waals surface area contributed by atoms with Crippen molar-refractivity contribution in [1.29, 1.82) is 0 Å². The molecule has 0 saturated carbocycles. The molecule has 4 rings (SSSR count). The molecule has 2 unspecified atom stereocenters. The molecule has 2 aromatic heterocycles. The van der Waals surface area contributed by atoms with E-state index < -0.39 is 39.7 Å². The number of H-pyrrole nitrogens is 1. The third-order valence-electron chi connectivity index (χ3n) is 9.45. The number of nitrogens with zero attached hydrogens (tertiary/aromatic N) is 6. The summed E-state index contributed by atoms with van der Waals surface area (Å²) in [5.41, 5.74) is 8.14. The smallest absolute Gasteiger partial charge is 0.354 e. The molecule has 2 atom stereocenters. The van der Waals surface area contributed by atoms with Crippen LogP contribution in [0.1, 0.15) is 125 Å². The number of pyridine rings is 1. The quantitative estimate of drug-likeness (QED) is 0.102. The Kier molecular flexibility index (Phi) is 28.3. The van der Waals surface area contributed by atoms with Crippen LogP contribution in [0.3, 0.4) is 0 Å². The molecule has 10 N–H and O–H groups in total. The summed E-state index contributed by atoms with van der Waals surface area (Å²) in [5, 5.41) is 24.4. The van der Waals surface area contributed by atoms with Gasteiger partial charge in [-0.2, -0.15) is 0 Å². The Hall–Kier alpha value is -7.09. The zero-order chi connectivity index (χ0) is 56.7. The molecule has 2 fully saturated rings. The molecule has 2 aliphatic heterocycles. The van der Waals surface area contributed by atoms with Crippen LogP contribution in [0.15, 0.2) is 30.9 Å². The fraction of sp³-hybridized carbons (Fsp3) is 0.574. The van der Waals surface area contributed by atoms with Gasteiger partial charge in [-0.25, -0.2) is 37.6 Å². The summed E-state index contributed by atoms with van der Waals surface area (Å²) in [6.07, 6.45) is 4.21. The highest BCUT2D eigenvalue weighted by molar-refractivity contribution is 7.98. The number of nitrogens with two attached hydrogens (primary N) is 1. The van der Waals surface area contributed by atoms with Crippen molar-refractivity contribution in [1.82, 2.24) is 65.9 Å². The largest absolute Gasteiger partial charge is 0.477 e. The van der Waals surface area contributed by atoms with Gasteiger partial charge in [-0.1, -0.05) is 6.58 Å². The van der Waals surface area contributed by atoms with E-state index >= 15 is 0 Å². The molecule has 0 radical (unpaired) electrons. The fourth-order valence-electron chi connectivity index (χ4n) is 6.02. The average molecular weight is 1050 g/mol. The number of carbonyl (C=O) groups is 9. The zero-order valence-corrected chi connectivity index (χ0v) is 45.9. The molecule has 2 aromatic rings. The van der Waals surface area contributed by atoms with E-state index in [4.69, 9.17) is 10.8 Å². The number of aromatic carboxylic acids is 1. The van der Waals surface area contributed by atoms with Crippen LogP contribution in [0.25, 0.3) is 0 Å². The number of urea groups is 3. The number of amides is 11. The first-order valence-corrected chi connectivity index (χ1v) is 25.7. The Morgan fingerprint density at radius 3 is 1.71 bits per heavy atom. The first-order valence-electron chi connectivity index (χ1n) is 23.6. The number of rotatable bonds is 13. The minimum absolute atomic E-state index is 0.0229. The molecule has 2 saturated heterocycles. The van der Waals surface area contributed by atoms with Crippen molar-refractivity contribution in [3.8, 4) is 0 Å². The van der Waals surface area contributed by atoms with E-state index in [-0.39, 0.29) is 90.8 Å². The molecule has 11 amide bonds. The number of imidazole rings is 1. The van der Waals surface area contributed by atoms with Crippen LogP contribution in [-0.4, -0.2) is 185 Å². The van der Waals surface area contributed by atoms with Crippen LogP contribution in [0, 0.1) is 13.8 Å². The lowest BCUT2D eigenvalue weighted by molar-refractivity contribution is -0.128. The number of aromatic amines is 1. The van der Waals surface area contributed by atoms with Gasteiger partial charge in [0.25, 0.3) is 17.7 Å². The van der Waals surface area contributed by atoms with Crippen molar-refractivity contribution in [2.75, 3.05) is 46.0 Å². The van der Waals surface area contributed by atoms with E-state index in [1.165, 1.54) is 24.5 Å². The molecule has 0 aromatic carbocycles. The highest BCUT2D eigenvalue weighted by Gasteiger charge is 2.36. The Labute approximate surface area is 429 Å². The van der Waals surface area contributed by atoms with Gasteiger partial charge in [0.1, 0.15) is 0 Å². The first kappa shape index (κ1) is 65.9. The van der Waals surface area contributed by atoms with E-state index in [0.717, 1.165) is 27.0 Å². The fourth-order valence-corrected chi connectivity index (χ4v) is 6.92. The number of nitrogens with one attached hydrogen (secondary N) is 7. The molecule has 0 aliphatic carbocycles. The summed E-state index contributed by atoms with van der Waals surface area (Å²) < 4.78 is 12.8. The van der Waals surface area contributed by atoms with Crippen molar-refractivity contribution in [3.05, 3.63) is 59.1 Å². The zero-order valence-electron chi connectivity index (χ0n) is 45.1. The van der Waals surface area contributed by atoms with E-state index in [1.807, 2.05) is 73.3 Å². The summed E-state index contributed by atoms with van der Waals surface area (Å²) >= 11 is 0. The number of aryl methyl sites for hydroxylation is 2. The predicted molar refractivity (Wildman–Crippen MR) is 280 cm³/mol. The topological polar surface area (TPSA) is 344 Å². The highest BCUT2D eigenvalue weighted by atomic mass is 32.2. The Bertz CT molecular complexity index is 2350. The molecule has 0 bridgehead atoms. The number of carboxylic acids is 1. The second-order valence-electron chi connectivity index (χ2n) is 18.2. The number of hydrogen-bond donors (Lipinski definition) is 9. The molecule has 25 nitrogen and oxygen atoms in total. The van der Waals surface area contributed by atoms with Gasteiger partial charge in [0, 0.05) is 84.7 Å². The summed E-state index contributed by atoms with van der Waals surface area (Å²) in [6, 6.07) is -0.0499. The maximum Gasteiger partial charge on any atom is 0.354 e. The molecule has 4 heterocycles. The van der Waals surface area contributed by atoms with Gasteiger partial charge in [-0.15, -0.1) is 0 Å². The minimum atomic E-state index is -2.58. The molecular formula is C47H80N14O11S. The third-order valence-corrected chi connectivity index (χ3v) is 10.7. The molecule has 410 valence electrons. The van der Waals surface area contributed by atoms with Crippen molar-refractivity contribution < 1.29 is 52.5 Å². The standard InChI is InChI=1S/C11H19N3O2.C11H16N2O.C9H17N3O3S.C8H11N3O3.C8H17N3O2/c1-5-13-6-7-14(10(15)9(13)4)11(16)12-8(2)3;1-7(2)13-11(14)10-6-12-9(4)5-8(10)3;1-7(2)10-8(13)11-5-6-12(9(11)14)16(3,4)15;1-4(2)11-7(12)5-6(8(13)14)10-3-9-5;1-5(2)11-8(13)6(9)4-7(12)10-3/h8H,4-7H2,1-3H3,(H,12,16);5-7H,1-4H3,(H,13,14);7H,3,5-6H2,1-2,4H3,(H,10,13);3-4H,1-2H3,(H,9,10)(H,11,12)(H,13,14);5-6H,4,9H2,1-3H3,(H,10,12)(H,11,13). The van der Waals surface area contributed by atoms with Crippen molar-refractivity contribution in [3.63, 3.8) is 0 Å². The lowest BCUT2D eigenvalue weighted by Gasteiger charge is -2.35. The SMILES string of the molecule is C=C1C(=O)N(C(=O)NC(C)C)CCN1CC.C=S(C)(=O)N1CCN(C(=O)NC(C)C)C1=O.CC(C)NC(=O)c1nc[nH]c1C(=O)O.CNC(=O)CC(N)C(=O)NC(C)C.Cc1cc(C)c(C(=O)NC(C)C)cn1. The predicted octanol–water partition coefficient (Wildman–Crippen LogP) is 1.94. The number of piperazine rings is 1. The average Bonchev–Trinajstić information content (AvgIpc) is 3.92. The Morgan fingerprint density at radius 2 is 1.27 bits per heavy atom. The maximum atomic E-state index is 11.8. The number of likely N-dealkylation sites (N-methyl/N-ethyl adjacent to an activating group) is 1. The second kappa shape index (κ2) is 31.4. The Morgan fingerprint density at radius 1 is 0.781 bits per heavy atom. The molecule has 26 heteroatoms. The van der Waals surface area contributed by atoms with Crippen molar-refractivity contribution in [2.45, 2.75) is 133 Å². The van der Waals surface area contributed by atoms with Gasteiger partial charge in [-0.3, -0.25) is 33.9 Å². The lowest BCUT2D eigenvalue weighted by Crippen LogP contribution is -2.54. The monoisotopic (exact) mass is 1050 g/mol. The van der Waals surface area contributed by atoms with Crippen LogP contribution in [0.4, 0.5) is 14.4 Å². The van der Waals surface area contributed by atoms with E-state index in [9.17, 15) is 47.4 Å². The van der Waals surface area contributed by atoms with Gasteiger partial charge in [0.2, 0.25) is 11.8 Å². The number of aromatic nitrogens is 3. The Balaban J connectivity index is 0.000000890. The molecule has 2 aliphatic rings. The molecule has 73 heavy (non-hydrogen) atoms. The summed E-state index contributed by atoms with van der Waals surface area (Å²) in [4.78, 5) is 117. The van der Waals surface area contributed by atoms with Crippen LogP contribution in [0.5, 0.6) is 0 Å². The summed E-state index contributed by atoms with van der Waals surface area (Å²) in [6.45, 7) is 30.3. The van der Waals surface area contributed by atoms with Crippen LogP contribution in [0.2, 0.25) is 0 Å². The number of imide groups is 2. The number of carboxylic acid groups (broad SMARTS) is 1. The maximum absolute atomic E-state index is 11.8. The minimum Gasteiger partial charge on any atom is -0.477 e. The second-order valence-corrected chi connectivity index (χ2v) is 20.5. The molecule has 0 spiro atoms. The van der Waals surface area contributed by atoms with Gasteiger partial charge in [-0.05, 0) is 108 Å². The van der Waals surface area contributed by atoms with E-state index in [2.05, 4.69) is 59.3 Å². The lowest BCUT2D eigenvalue weighted by atomic mass is 10.1. The van der Waals surface area contributed by atoms with E-state index in [0.29, 0.717) is 24.4 Å². The number of carbonyl (C=O) groups excluding carboxylic acids is 8. The summed E-state index contributed by atoms with van der Waals surface area (Å²) in [7, 11) is -1.08. The molecular weight excluding hydrogens is 969 g/mol. The van der Waals surface area contributed by atoms with Crippen molar-refractivity contribution in [2.24, 2.45) is 5.73 Å². The van der Waals surface area contributed by atoms with Crippen LogP contribution >= 0.6 is 0 Å². The van der Waals surface area contributed by atoms with Gasteiger partial charge >= 0.3 is 24.1 Å².